The molecule has 3 rings (SSSR count). The van der Waals surface area contributed by atoms with E-state index in [0.29, 0.717) is 16.7 Å². The lowest BCUT2D eigenvalue weighted by Gasteiger charge is -1.99. The molecule has 0 aliphatic rings. The van der Waals surface area contributed by atoms with Gasteiger partial charge < -0.3 is 0 Å². The molecule has 3 aromatic heterocycles. The van der Waals surface area contributed by atoms with Gasteiger partial charge in [-0.05, 0) is 19.1 Å². The zero-order valence-electron chi connectivity index (χ0n) is 8.88. The molecule has 0 radical (unpaired) electrons. The highest BCUT2D eigenvalue weighted by atomic mass is 35.5. The number of aromatic nitrogens is 4. The van der Waals surface area contributed by atoms with Crippen molar-refractivity contribution >= 4 is 33.2 Å². The molecule has 17 heavy (non-hydrogen) atoms. The predicted octanol–water partition coefficient (Wildman–Crippen LogP) is 3.11. The maximum atomic E-state index is 6.14. The lowest BCUT2D eigenvalue weighted by atomic mass is 10.3. The first-order valence-electron chi connectivity index (χ1n) is 4.94. The number of nitrogens with zero attached hydrogens (tertiary/aromatic N) is 4. The third kappa shape index (κ3) is 1.87. The Kier molecular flexibility index (Phi) is 2.49. The van der Waals surface area contributed by atoms with Crippen LogP contribution in [0.4, 0.5) is 0 Å². The number of thiophene rings is 1. The van der Waals surface area contributed by atoms with Crippen molar-refractivity contribution in [2.45, 2.75) is 6.92 Å². The van der Waals surface area contributed by atoms with Crippen molar-refractivity contribution in [3.8, 4) is 11.5 Å². The lowest BCUT2D eigenvalue weighted by molar-refractivity contribution is 1.12. The number of halogens is 1. The zero-order chi connectivity index (χ0) is 11.8. The molecule has 0 saturated carbocycles. The smallest absolute Gasteiger partial charge is 0.181 e. The Hall–Kier alpha value is -1.59. The fourth-order valence-corrected chi connectivity index (χ4v) is 2.70. The van der Waals surface area contributed by atoms with Crippen LogP contribution in [-0.2, 0) is 0 Å². The number of rotatable bonds is 1. The van der Waals surface area contributed by atoms with E-state index in [1.54, 1.807) is 23.6 Å². The van der Waals surface area contributed by atoms with Gasteiger partial charge in [0.05, 0.1) is 0 Å². The number of fused-ring (bicyclic) bond motifs is 1. The van der Waals surface area contributed by atoms with E-state index in [9.17, 15) is 0 Å². The Balaban J connectivity index is 2.25. The summed E-state index contributed by atoms with van der Waals surface area (Å²) in [5.74, 6) is 0.534. The second-order valence-corrected chi connectivity index (χ2v) is 5.10. The van der Waals surface area contributed by atoms with Crippen molar-refractivity contribution in [3.63, 3.8) is 0 Å². The Morgan fingerprint density at radius 3 is 2.94 bits per heavy atom. The quantitative estimate of drug-likeness (QED) is 0.633. The molecular formula is C11H7ClN4S. The molecule has 3 heterocycles. The van der Waals surface area contributed by atoms with Crippen LogP contribution in [0.1, 0.15) is 4.88 Å². The van der Waals surface area contributed by atoms with Gasteiger partial charge in [-0.2, -0.15) is 0 Å². The highest BCUT2D eigenvalue weighted by Crippen LogP contribution is 2.29. The molecule has 4 nitrogen and oxygen atoms in total. The third-order valence-electron chi connectivity index (χ3n) is 2.28. The fourth-order valence-electron chi connectivity index (χ4n) is 1.54. The predicted molar refractivity (Wildman–Crippen MR) is 68.2 cm³/mol. The average Bonchev–Trinajstić information content (AvgIpc) is 2.71. The number of hydrogen-bond donors (Lipinski definition) is 0. The van der Waals surface area contributed by atoms with Crippen LogP contribution in [0, 0.1) is 6.92 Å². The van der Waals surface area contributed by atoms with Crippen molar-refractivity contribution < 1.29 is 0 Å². The average molecular weight is 263 g/mol. The normalized spacial score (nSPS) is 10.9. The summed E-state index contributed by atoms with van der Waals surface area (Å²) >= 11 is 7.73. The van der Waals surface area contributed by atoms with Crippen molar-refractivity contribution in [2.24, 2.45) is 0 Å². The molecule has 0 N–H and O–H groups in total. The summed E-state index contributed by atoms with van der Waals surface area (Å²) in [4.78, 5) is 18.7. The van der Waals surface area contributed by atoms with E-state index in [1.165, 1.54) is 6.33 Å². The molecule has 0 unspecified atom stereocenters. The number of aryl methyl sites for hydroxylation is 1. The van der Waals surface area contributed by atoms with Crippen LogP contribution in [0.25, 0.3) is 21.7 Å². The molecular weight excluding hydrogens is 256 g/mol. The highest BCUT2D eigenvalue weighted by molar-refractivity contribution is 7.18. The Morgan fingerprint density at radius 1 is 1.29 bits per heavy atom. The van der Waals surface area contributed by atoms with E-state index < -0.39 is 0 Å². The summed E-state index contributed by atoms with van der Waals surface area (Å²) in [7, 11) is 0. The van der Waals surface area contributed by atoms with Crippen molar-refractivity contribution in [3.05, 3.63) is 34.7 Å². The van der Waals surface area contributed by atoms with Gasteiger partial charge in [0.25, 0.3) is 0 Å². The molecule has 0 aliphatic carbocycles. The SMILES string of the molecule is Cc1cc2c(Cl)nc(-c3ccncn3)nc2s1. The first-order chi connectivity index (χ1) is 8.24. The largest absolute Gasteiger partial charge is 0.245 e. The Labute approximate surface area is 106 Å². The molecule has 0 saturated heterocycles. The minimum Gasteiger partial charge on any atom is -0.245 e. The summed E-state index contributed by atoms with van der Waals surface area (Å²) < 4.78 is 0. The first kappa shape index (κ1) is 10.6. The molecule has 84 valence electrons. The molecule has 0 atom stereocenters. The van der Waals surface area contributed by atoms with Crippen LogP contribution in [-0.4, -0.2) is 19.9 Å². The molecule has 0 amide bonds. The van der Waals surface area contributed by atoms with Crippen LogP contribution in [0.2, 0.25) is 5.15 Å². The van der Waals surface area contributed by atoms with Gasteiger partial charge in [0.1, 0.15) is 22.0 Å². The van der Waals surface area contributed by atoms with Gasteiger partial charge in [0, 0.05) is 16.5 Å². The molecule has 0 bridgehead atoms. The van der Waals surface area contributed by atoms with Gasteiger partial charge in [0.15, 0.2) is 5.82 Å². The van der Waals surface area contributed by atoms with Crippen molar-refractivity contribution in [1.29, 1.82) is 0 Å². The standard InChI is InChI=1S/C11H7ClN4S/c1-6-4-7-9(12)15-10(16-11(7)17-6)8-2-3-13-5-14-8/h2-5H,1H3. The van der Waals surface area contributed by atoms with E-state index in [-0.39, 0.29) is 0 Å². The maximum absolute atomic E-state index is 6.14. The van der Waals surface area contributed by atoms with Crippen LogP contribution >= 0.6 is 22.9 Å². The summed E-state index contributed by atoms with van der Waals surface area (Å²) in [5, 5.41) is 1.36. The van der Waals surface area contributed by atoms with Crippen LogP contribution < -0.4 is 0 Å². The van der Waals surface area contributed by atoms with Gasteiger partial charge in [-0.25, -0.2) is 19.9 Å². The van der Waals surface area contributed by atoms with Crippen LogP contribution in [0.3, 0.4) is 0 Å². The van der Waals surface area contributed by atoms with Crippen molar-refractivity contribution in [1.82, 2.24) is 19.9 Å². The minimum absolute atomic E-state index is 0.466. The molecule has 0 aromatic carbocycles. The molecule has 3 aromatic rings. The summed E-state index contributed by atoms with van der Waals surface area (Å²) in [6, 6.07) is 3.75. The lowest BCUT2D eigenvalue weighted by Crippen LogP contribution is -1.92. The van der Waals surface area contributed by atoms with E-state index in [0.717, 1.165) is 15.1 Å². The zero-order valence-corrected chi connectivity index (χ0v) is 10.5. The second-order valence-electron chi connectivity index (χ2n) is 3.51. The van der Waals surface area contributed by atoms with Gasteiger partial charge >= 0.3 is 0 Å². The summed E-state index contributed by atoms with van der Waals surface area (Å²) in [5.41, 5.74) is 0.676. The van der Waals surface area contributed by atoms with Gasteiger partial charge in [0.2, 0.25) is 0 Å². The van der Waals surface area contributed by atoms with Crippen LogP contribution in [0.5, 0.6) is 0 Å². The van der Waals surface area contributed by atoms with Gasteiger partial charge in [-0.3, -0.25) is 0 Å². The topological polar surface area (TPSA) is 51.6 Å². The Morgan fingerprint density at radius 2 is 2.18 bits per heavy atom. The molecule has 0 fully saturated rings. The molecule has 6 heteroatoms. The van der Waals surface area contributed by atoms with Crippen molar-refractivity contribution in [2.75, 3.05) is 0 Å². The fraction of sp³-hybridized carbons (Fsp3) is 0.0909. The van der Waals surface area contributed by atoms with E-state index in [2.05, 4.69) is 19.9 Å². The minimum atomic E-state index is 0.466. The summed E-state index contributed by atoms with van der Waals surface area (Å²) in [6.45, 7) is 2.02. The van der Waals surface area contributed by atoms with Gasteiger partial charge in [-0.15, -0.1) is 11.3 Å². The Bertz CT molecular complexity index is 681. The maximum Gasteiger partial charge on any atom is 0.181 e. The second kappa shape index (κ2) is 4.01. The van der Waals surface area contributed by atoms with E-state index in [4.69, 9.17) is 11.6 Å². The van der Waals surface area contributed by atoms with E-state index >= 15 is 0 Å². The highest BCUT2D eigenvalue weighted by Gasteiger charge is 2.10. The monoisotopic (exact) mass is 262 g/mol. The molecule has 0 aliphatic heterocycles. The number of hydrogen-bond acceptors (Lipinski definition) is 5. The van der Waals surface area contributed by atoms with Crippen LogP contribution in [0.15, 0.2) is 24.7 Å². The van der Waals surface area contributed by atoms with Gasteiger partial charge in [-0.1, -0.05) is 11.6 Å². The van der Waals surface area contributed by atoms with E-state index in [1.807, 2.05) is 13.0 Å². The third-order valence-corrected chi connectivity index (χ3v) is 3.51. The summed E-state index contributed by atoms with van der Waals surface area (Å²) in [6.07, 6.45) is 3.12. The first-order valence-corrected chi connectivity index (χ1v) is 6.13. The molecule has 0 spiro atoms.